The minimum atomic E-state index is -0.847. The molecule has 0 aliphatic carbocycles. The average Bonchev–Trinajstić information content (AvgIpc) is 1.99. The summed E-state index contributed by atoms with van der Waals surface area (Å²) >= 11 is 1.35. The van der Waals surface area contributed by atoms with E-state index in [1.807, 2.05) is 0 Å². The van der Waals surface area contributed by atoms with Gasteiger partial charge in [-0.3, -0.25) is 0 Å². The van der Waals surface area contributed by atoms with Gasteiger partial charge in [0.2, 0.25) is 0 Å². The summed E-state index contributed by atoms with van der Waals surface area (Å²) in [6, 6.07) is 0. The second-order valence-electron chi connectivity index (χ2n) is 1.64. The van der Waals surface area contributed by atoms with E-state index in [9.17, 15) is 9.59 Å². The van der Waals surface area contributed by atoms with E-state index >= 15 is 0 Å². The quantitative estimate of drug-likeness (QED) is 0.440. The fourth-order valence-corrected chi connectivity index (χ4v) is 0.281. The molecule has 0 aromatic rings. The molecule has 1 amide bonds. The normalized spacial score (nSPS) is 8.18. The second kappa shape index (κ2) is 4.94. The first-order valence-electron chi connectivity index (χ1n) is 2.53. The van der Waals surface area contributed by atoms with Crippen LogP contribution < -0.4 is 5.48 Å². The summed E-state index contributed by atoms with van der Waals surface area (Å²) in [5, 5.41) is 0. The van der Waals surface area contributed by atoms with E-state index in [4.69, 9.17) is 0 Å². The second-order valence-corrected chi connectivity index (χ2v) is 2.08. The molecule has 0 fully saturated rings. The third-order valence-corrected chi connectivity index (χ3v) is 1.05. The zero-order valence-corrected chi connectivity index (χ0v) is 7.88. The highest BCUT2D eigenvalue weighted by atomic mass is 127. The molecule has 11 heavy (non-hydrogen) atoms. The maximum atomic E-state index is 10.6. The molecule has 0 saturated carbocycles. The Morgan fingerprint density at radius 2 is 2.09 bits per heavy atom. The van der Waals surface area contributed by atoms with Gasteiger partial charge in [0.25, 0.3) is 0 Å². The highest BCUT2D eigenvalue weighted by Gasteiger charge is 2.06. The molecule has 62 valence electrons. The van der Waals surface area contributed by atoms with Gasteiger partial charge in [0.15, 0.2) is 23.0 Å². The number of hydrogen-bond acceptors (Lipinski definition) is 4. The topological polar surface area (TPSA) is 64.6 Å². The van der Waals surface area contributed by atoms with Gasteiger partial charge in [0, 0.05) is 5.57 Å². The molecule has 0 heterocycles. The Morgan fingerprint density at radius 3 is 2.45 bits per heavy atom. The lowest BCUT2D eigenvalue weighted by Gasteiger charge is -2.01. The molecule has 0 saturated heterocycles. The molecule has 0 spiro atoms. The van der Waals surface area contributed by atoms with E-state index < -0.39 is 12.1 Å². The lowest BCUT2D eigenvalue weighted by molar-refractivity contribution is -0.144. The van der Waals surface area contributed by atoms with E-state index in [-0.39, 0.29) is 5.57 Å². The predicted molar refractivity (Wildman–Crippen MR) is 44.5 cm³/mol. The first-order chi connectivity index (χ1) is 5.07. The van der Waals surface area contributed by atoms with Gasteiger partial charge in [-0.15, -0.1) is 5.48 Å². The Hall–Kier alpha value is -0.790. The van der Waals surface area contributed by atoms with Crippen LogP contribution in [0.5, 0.6) is 0 Å². The lowest BCUT2D eigenvalue weighted by Crippen LogP contribution is -2.25. The summed E-state index contributed by atoms with van der Waals surface area (Å²) in [5.41, 5.74) is 1.93. The third-order valence-electron chi connectivity index (χ3n) is 0.646. The molecule has 0 unspecified atom stereocenters. The van der Waals surface area contributed by atoms with Crippen molar-refractivity contribution in [1.82, 2.24) is 5.48 Å². The third kappa shape index (κ3) is 4.59. The highest BCUT2D eigenvalue weighted by Crippen LogP contribution is 1.91. The number of carbonyl (C=O) groups is 2. The van der Waals surface area contributed by atoms with Gasteiger partial charge in [0.1, 0.15) is 0 Å². The van der Waals surface area contributed by atoms with Crippen molar-refractivity contribution >= 4 is 35.1 Å². The molecular weight excluding hydrogens is 265 g/mol. The number of hydrogen-bond donors (Lipinski definition) is 1. The standard InChI is InChI=1S/C5H6INO4/c1-3(2)4(8)11-7-5(9)10-6/h1H2,2H3,(H,7,9). The van der Waals surface area contributed by atoms with Crippen LogP contribution in [-0.4, -0.2) is 12.1 Å². The van der Waals surface area contributed by atoms with Crippen molar-refractivity contribution in [3.8, 4) is 0 Å². The van der Waals surface area contributed by atoms with E-state index in [0.717, 1.165) is 0 Å². The van der Waals surface area contributed by atoms with Crippen LogP contribution in [0, 0.1) is 0 Å². The Kier molecular flexibility index (Phi) is 4.59. The molecule has 6 heteroatoms. The minimum Gasteiger partial charge on any atom is -0.376 e. The molecule has 0 aromatic carbocycles. The van der Waals surface area contributed by atoms with Gasteiger partial charge >= 0.3 is 12.1 Å². The van der Waals surface area contributed by atoms with E-state index in [1.54, 1.807) is 5.48 Å². The van der Waals surface area contributed by atoms with Crippen LogP contribution >= 0.6 is 23.0 Å². The van der Waals surface area contributed by atoms with Crippen LogP contribution in [0.1, 0.15) is 6.92 Å². The zero-order valence-electron chi connectivity index (χ0n) is 5.72. The smallest absolute Gasteiger partial charge is 0.376 e. The number of rotatable bonds is 1. The highest BCUT2D eigenvalue weighted by molar-refractivity contribution is 14.1. The van der Waals surface area contributed by atoms with Crippen molar-refractivity contribution in [3.05, 3.63) is 12.2 Å². The van der Waals surface area contributed by atoms with Gasteiger partial charge in [0.05, 0.1) is 0 Å². The number of amides is 1. The number of halogens is 1. The van der Waals surface area contributed by atoms with Crippen LogP contribution in [0.3, 0.4) is 0 Å². The number of carbonyl (C=O) groups excluding carboxylic acids is 2. The molecule has 1 N–H and O–H groups in total. The Balaban J connectivity index is 3.63. The van der Waals surface area contributed by atoms with Crippen molar-refractivity contribution in [2.75, 3.05) is 0 Å². The number of hydroxylamine groups is 1. The Morgan fingerprint density at radius 1 is 1.55 bits per heavy atom. The number of nitrogens with one attached hydrogen (secondary N) is 1. The molecule has 0 rings (SSSR count). The Bertz CT molecular complexity index is 191. The van der Waals surface area contributed by atoms with Crippen molar-refractivity contribution in [3.63, 3.8) is 0 Å². The van der Waals surface area contributed by atoms with E-state index in [1.165, 1.54) is 29.9 Å². The van der Waals surface area contributed by atoms with Crippen LogP contribution in [0.15, 0.2) is 12.2 Å². The maximum Gasteiger partial charge on any atom is 0.450 e. The lowest BCUT2D eigenvalue weighted by atomic mass is 10.4. The first kappa shape index (κ1) is 10.2. The largest absolute Gasteiger partial charge is 0.450 e. The first-order valence-corrected chi connectivity index (χ1v) is 3.41. The van der Waals surface area contributed by atoms with Crippen molar-refractivity contribution in [2.24, 2.45) is 0 Å². The van der Waals surface area contributed by atoms with Crippen molar-refractivity contribution in [1.29, 1.82) is 0 Å². The summed E-state index contributed by atoms with van der Waals surface area (Å²) in [6.45, 7) is 4.75. The monoisotopic (exact) mass is 271 g/mol. The fraction of sp³-hybridized carbons (Fsp3) is 0.200. The van der Waals surface area contributed by atoms with Gasteiger partial charge in [-0.1, -0.05) is 6.58 Å². The molecule has 0 bridgehead atoms. The van der Waals surface area contributed by atoms with Crippen molar-refractivity contribution < 1.29 is 17.5 Å². The summed E-state index contributed by atoms with van der Waals surface area (Å²) in [7, 11) is 0. The van der Waals surface area contributed by atoms with Crippen molar-refractivity contribution in [2.45, 2.75) is 6.92 Å². The molecule has 0 aliphatic heterocycles. The van der Waals surface area contributed by atoms with Crippen LogP contribution in [0.4, 0.5) is 4.79 Å². The average molecular weight is 271 g/mol. The molecule has 0 radical (unpaired) electrons. The summed E-state index contributed by atoms with van der Waals surface area (Å²) < 4.78 is 4.09. The molecule has 5 nitrogen and oxygen atoms in total. The predicted octanol–water partition coefficient (Wildman–Crippen LogP) is 1.10. The summed E-state index contributed by atoms with van der Waals surface area (Å²) in [5.74, 6) is -0.702. The molecular formula is C5H6INO4. The van der Waals surface area contributed by atoms with Gasteiger partial charge in [-0.2, -0.15) is 0 Å². The summed E-state index contributed by atoms with van der Waals surface area (Å²) in [6.07, 6.45) is -0.847. The molecule has 0 atom stereocenters. The van der Waals surface area contributed by atoms with E-state index in [2.05, 4.69) is 14.5 Å². The van der Waals surface area contributed by atoms with Crippen LogP contribution in [0.25, 0.3) is 0 Å². The van der Waals surface area contributed by atoms with Crippen LogP contribution in [-0.2, 0) is 12.7 Å². The molecule has 0 aromatic heterocycles. The maximum absolute atomic E-state index is 10.6. The SMILES string of the molecule is C=C(C)C(=O)ONC(=O)OI. The minimum absolute atomic E-state index is 0.193. The summed E-state index contributed by atoms with van der Waals surface area (Å²) in [4.78, 5) is 25.0. The van der Waals surface area contributed by atoms with E-state index in [0.29, 0.717) is 0 Å². The fourth-order valence-electron chi connectivity index (χ4n) is 0.191. The van der Waals surface area contributed by atoms with Gasteiger partial charge in [-0.05, 0) is 6.92 Å². The zero-order chi connectivity index (χ0) is 8.85. The van der Waals surface area contributed by atoms with Gasteiger partial charge < -0.3 is 7.90 Å². The van der Waals surface area contributed by atoms with Gasteiger partial charge in [-0.25, -0.2) is 9.59 Å². The molecule has 0 aliphatic rings. The Labute approximate surface area is 77.4 Å². The van der Waals surface area contributed by atoms with Crippen LogP contribution in [0.2, 0.25) is 0 Å².